The zero-order valence-electron chi connectivity index (χ0n) is 16.5. The standard InChI is InChI=1S/C21H27N3O4/c1-15(2)28-19-10-8-17(9-11-19)23-14-20(25)24-18-6-4-16(5-7-18)21(26)22-12-13-27-3/h4-11,15,23H,12-14H2,1-3H3,(H,22,26)(H,24,25). The summed E-state index contributed by atoms with van der Waals surface area (Å²) < 4.78 is 10.5. The van der Waals surface area contributed by atoms with E-state index in [2.05, 4.69) is 16.0 Å². The van der Waals surface area contributed by atoms with Gasteiger partial charge in [0.15, 0.2) is 0 Å². The van der Waals surface area contributed by atoms with E-state index in [1.165, 1.54) is 0 Å². The van der Waals surface area contributed by atoms with Gasteiger partial charge in [-0.15, -0.1) is 0 Å². The molecule has 0 heterocycles. The largest absolute Gasteiger partial charge is 0.491 e. The first-order chi connectivity index (χ1) is 13.5. The molecule has 7 nitrogen and oxygen atoms in total. The third-order valence-electron chi connectivity index (χ3n) is 3.70. The second-order valence-electron chi connectivity index (χ2n) is 6.42. The lowest BCUT2D eigenvalue weighted by Gasteiger charge is -2.11. The fraction of sp³-hybridized carbons (Fsp3) is 0.333. The first kappa shape index (κ1) is 21.2. The van der Waals surface area contributed by atoms with E-state index in [1.54, 1.807) is 31.4 Å². The minimum Gasteiger partial charge on any atom is -0.491 e. The number of methoxy groups -OCH3 is 1. The third-order valence-corrected chi connectivity index (χ3v) is 3.70. The maximum absolute atomic E-state index is 12.1. The van der Waals surface area contributed by atoms with Crippen LogP contribution in [0, 0.1) is 0 Å². The van der Waals surface area contributed by atoms with Crippen molar-refractivity contribution in [2.45, 2.75) is 20.0 Å². The van der Waals surface area contributed by atoms with Gasteiger partial charge in [-0.1, -0.05) is 0 Å². The van der Waals surface area contributed by atoms with Gasteiger partial charge < -0.3 is 25.4 Å². The van der Waals surface area contributed by atoms with Crippen molar-refractivity contribution in [1.29, 1.82) is 0 Å². The number of hydrogen-bond acceptors (Lipinski definition) is 5. The van der Waals surface area contributed by atoms with Gasteiger partial charge in [0.1, 0.15) is 5.75 Å². The zero-order chi connectivity index (χ0) is 20.4. The van der Waals surface area contributed by atoms with Gasteiger partial charge >= 0.3 is 0 Å². The Balaban J connectivity index is 1.78. The molecular formula is C21H27N3O4. The summed E-state index contributed by atoms with van der Waals surface area (Å²) in [5, 5.41) is 8.59. The Morgan fingerprint density at radius 2 is 1.61 bits per heavy atom. The van der Waals surface area contributed by atoms with Crippen molar-refractivity contribution >= 4 is 23.2 Å². The van der Waals surface area contributed by atoms with Crippen LogP contribution >= 0.6 is 0 Å². The number of nitrogens with one attached hydrogen (secondary N) is 3. The van der Waals surface area contributed by atoms with E-state index >= 15 is 0 Å². The van der Waals surface area contributed by atoms with E-state index in [-0.39, 0.29) is 24.5 Å². The molecule has 3 N–H and O–H groups in total. The van der Waals surface area contributed by atoms with Crippen molar-refractivity contribution < 1.29 is 19.1 Å². The average molecular weight is 385 g/mol. The molecule has 0 spiro atoms. The summed E-state index contributed by atoms with van der Waals surface area (Å²) in [6.45, 7) is 4.97. The first-order valence-corrected chi connectivity index (χ1v) is 9.15. The molecule has 0 bridgehead atoms. The Labute approximate surface area is 165 Å². The molecule has 28 heavy (non-hydrogen) atoms. The molecule has 0 aromatic heterocycles. The van der Waals surface area contributed by atoms with Crippen molar-refractivity contribution in [3.63, 3.8) is 0 Å². The zero-order valence-corrected chi connectivity index (χ0v) is 16.5. The maximum Gasteiger partial charge on any atom is 0.251 e. The number of carbonyl (C=O) groups is 2. The molecule has 0 aliphatic rings. The molecule has 0 saturated carbocycles. The SMILES string of the molecule is COCCNC(=O)c1ccc(NC(=O)CNc2ccc(OC(C)C)cc2)cc1. The third kappa shape index (κ3) is 7.28. The second-order valence-corrected chi connectivity index (χ2v) is 6.42. The number of carbonyl (C=O) groups excluding carboxylic acids is 2. The van der Waals surface area contributed by atoms with Crippen LogP contribution in [-0.4, -0.2) is 44.7 Å². The Kier molecular flexibility index (Phi) is 8.30. The quantitative estimate of drug-likeness (QED) is 0.547. The topological polar surface area (TPSA) is 88.7 Å². The molecule has 0 aliphatic heterocycles. The second kappa shape index (κ2) is 10.9. The highest BCUT2D eigenvalue weighted by atomic mass is 16.5. The molecule has 0 radical (unpaired) electrons. The fourth-order valence-corrected chi connectivity index (χ4v) is 2.38. The van der Waals surface area contributed by atoms with Gasteiger partial charge in [0, 0.05) is 30.6 Å². The van der Waals surface area contributed by atoms with Crippen LogP contribution in [0.25, 0.3) is 0 Å². The summed E-state index contributed by atoms with van der Waals surface area (Å²) in [4.78, 5) is 24.0. The smallest absolute Gasteiger partial charge is 0.251 e. The van der Waals surface area contributed by atoms with E-state index in [1.807, 2.05) is 38.1 Å². The molecule has 0 aliphatic carbocycles. The van der Waals surface area contributed by atoms with Crippen LogP contribution in [0.4, 0.5) is 11.4 Å². The molecule has 7 heteroatoms. The van der Waals surface area contributed by atoms with Crippen molar-refractivity contribution in [3.05, 3.63) is 54.1 Å². The van der Waals surface area contributed by atoms with Crippen LogP contribution in [0.2, 0.25) is 0 Å². The van der Waals surface area contributed by atoms with Crippen molar-refractivity contribution in [2.24, 2.45) is 0 Å². The lowest BCUT2D eigenvalue weighted by molar-refractivity contribution is -0.114. The molecule has 2 rings (SSSR count). The number of anilines is 2. The minimum atomic E-state index is -0.181. The van der Waals surface area contributed by atoms with E-state index in [0.717, 1.165) is 11.4 Å². The van der Waals surface area contributed by atoms with Gasteiger partial charge in [0.2, 0.25) is 5.91 Å². The summed E-state index contributed by atoms with van der Waals surface area (Å²) in [6, 6.07) is 14.2. The molecule has 150 valence electrons. The van der Waals surface area contributed by atoms with Gasteiger partial charge in [-0.2, -0.15) is 0 Å². The van der Waals surface area contributed by atoms with Gasteiger partial charge in [-0.3, -0.25) is 9.59 Å². The maximum atomic E-state index is 12.1. The van der Waals surface area contributed by atoms with Gasteiger partial charge in [0.25, 0.3) is 5.91 Å². The summed E-state index contributed by atoms with van der Waals surface area (Å²) in [5.74, 6) is 0.428. The predicted molar refractivity (Wildman–Crippen MR) is 110 cm³/mol. The molecule has 0 saturated heterocycles. The van der Waals surface area contributed by atoms with Crippen LogP contribution in [0.15, 0.2) is 48.5 Å². The van der Waals surface area contributed by atoms with Crippen LogP contribution in [0.1, 0.15) is 24.2 Å². The molecule has 0 unspecified atom stereocenters. The number of benzene rings is 2. The van der Waals surface area contributed by atoms with Crippen molar-refractivity contribution in [1.82, 2.24) is 5.32 Å². The van der Waals surface area contributed by atoms with Crippen LogP contribution < -0.4 is 20.7 Å². The predicted octanol–water partition coefficient (Wildman–Crippen LogP) is 2.90. The van der Waals surface area contributed by atoms with Crippen LogP contribution in [-0.2, 0) is 9.53 Å². The van der Waals surface area contributed by atoms with Gasteiger partial charge in [0.05, 0.1) is 19.3 Å². The monoisotopic (exact) mass is 385 g/mol. The Hall–Kier alpha value is -3.06. The fourth-order valence-electron chi connectivity index (χ4n) is 2.38. The number of rotatable bonds is 10. The molecule has 2 aromatic rings. The summed E-state index contributed by atoms with van der Waals surface area (Å²) >= 11 is 0. The number of ether oxygens (including phenoxy) is 2. The highest BCUT2D eigenvalue weighted by molar-refractivity contribution is 5.96. The normalized spacial score (nSPS) is 10.4. The van der Waals surface area contributed by atoms with Gasteiger partial charge in [-0.05, 0) is 62.4 Å². The Morgan fingerprint density at radius 1 is 0.964 bits per heavy atom. The van der Waals surface area contributed by atoms with E-state index in [0.29, 0.717) is 24.4 Å². The van der Waals surface area contributed by atoms with Gasteiger partial charge in [-0.25, -0.2) is 0 Å². The van der Waals surface area contributed by atoms with Crippen molar-refractivity contribution in [3.8, 4) is 5.75 Å². The molecule has 2 amide bonds. The minimum absolute atomic E-state index is 0.118. The molecule has 2 aromatic carbocycles. The Bertz CT molecular complexity index is 758. The lowest BCUT2D eigenvalue weighted by Crippen LogP contribution is -2.27. The summed E-state index contributed by atoms with van der Waals surface area (Å²) in [5.41, 5.74) is 1.98. The average Bonchev–Trinajstić information content (AvgIpc) is 2.68. The van der Waals surface area contributed by atoms with E-state index in [9.17, 15) is 9.59 Å². The van der Waals surface area contributed by atoms with Crippen LogP contribution in [0.3, 0.4) is 0 Å². The molecule has 0 atom stereocenters. The highest BCUT2D eigenvalue weighted by Gasteiger charge is 2.07. The number of hydrogen-bond donors (Lipinski definition) is 3. The van der Waals surface area contributed by atoms with E-state index < -0.39 is 0 Å². The Morgan fingerprint density at radius 3 is 2.21 bits per heavy atom. The van der Waals surface area contributed by atoms with Crippen LogP contribution in [0.5, 0.6) is 5.75 Å². The molecular weight excluding hydrogens is 358 g/mol. The first-order valence-electron chi connectivity index (χ1n) is 9.15. The summed E-state index contributed by atoms with van der Waals surface area (Å²) in [7, 11) is 1.58. The summed E-state index contributed by atoms with van der Waals surface area (Å²) in [6.07, 6.45) is 0.118. The lowest BCUT2D eigenvalue weighted by atomic mass is 10.2. The van der Waals surface area contributed by atoms with E-state index in [4.69, 9.17) is 9.47 Å². The number of amides is 2. The van der Waals surface area contributed by atoms with Crippen molar-refractivity contribution in [2.75, 3.05) is 37.4 Å². The molecule has 0 fully saturated rings. The highest BCUT2D eigenvalue weighted by Crippen LogP contribution is 2.17.